The summed E-state index contributed by atoms with van der Waals surface area (Å²) in [5, 5.41) is 3.26. The summed E-state index contributed by atoms with van der Waals surface area (Å²) in [6.07, 6.45) is 0.803. The van der Waals surface area contributed by atoms with E-state index in [1.807, 2.05) is 0 Å². The van der Waals surface area contributed by atoms with E-state index in [1.54, 1.807) is 0 Å². The summed E-state index contributed by atoms with van der Waals surface area (Å²) in [6, 6.07) is 0. The third-order valence-corrected chi connectivity index (χ3v) is 1.33. The standard InChI is InChI=1S/C6H13NO.H3O4P/c1-5-3-7-4-6(2)8-5;1-5(2,3)4/h5-7H,3-4H2,1-2H3;(H3,1,2,3,4). The van der Waals surface area contributed by atoms with Crippen molar-refractivity contribution in [2.45, 2.75) is 26.1 Å². The summed E-state index contributed by atoms with van der Waals surface area (Å²) in [4.78, 5) is 21.6. The molecule has 6 nitrogen and oxygen atoms in total. The lowest BCUT2D eigenvalue weighted by atomic mass is 10.3. The third-order valence-electron chi connectivity index (χ3n) is 1.33. The molecule has 7 heteroatoms. The van der Waals surface area contributed by atoms with Crippen LogP contribution in [-0.2, 0) is 9.30 Å². The second-order valence-electron chi connectivity index (χ2n) is 2.93. The summed E-state index contributed by atoms with van der Waals surface area (Å²) >= 11 is 0. The van der Waals surface area contributed by atoms with Crippen molar-refractivity contribution in [3.63, 3.8) is 0 Å². The molecule has 2 unspecified atom stereocenters. The van der Waals surface area contributed by atoms with Crippen LogP contribution in [0.25, 0.3) is 0 Å². The smallest absolute Gasteiger partial charge is 0.373 e. The first-order valence-corrected chi connectivity index (χ1v) is 5.50. The molecule has 80 valence electrons. The number of rotatable bonds is 0. The molecular formula is C6H16NO5P. The van der Waals surface area contributed by atoms with E-state index >= 15 is 0 Å². The molecule has 13 heavy (non-hydrogen) atoms. The summed E-state index contributed by atoms with van der Waals surface area (Å²) < 4.78 is 14.3. The molecule has 0 amide bonds. The quantitative estimate of drug-likeness (QED) is 0.403. The molecule has 1 heterocycles. The second-order valence-corrected chi connectivity index (χ2v) is 3.96. The molecule has 0 bridgehead atoms. The summed E-state index contributed by atoms with van der Waals surface area (Å²) in [6.45, 7) is 6.18. The van der Waals surface area contributed by atoms with Crippen LogP contribution in [0.4, 0.5) is 0 Å². The Balaban J connectivity index is 0.000000252. The molecular weight excluding hydrogens is 197 g/mol. The highest BCUT2D eigenvalue weighted by Crippen LogP contribution is 2.25. The molecule has 0 aliphatic carbocycles. The van der Waals surface area contributed by atoms with Crippen molar-refractivity contribution in [3.8, 4) is 0 Å². The number of hydrogen-bond acceptors (Lipinski definition) is 3. The fraction of sp³-hybridized carbons (Fsp3) is 1.00. The first kappa shape index (κ1) is 13.0. The van der Waals surface area contributed by atoms with Gasteiger partial charge in [0, 0.05) is 13.1 Å². The van der Waals surface area contributed by atoms with Gasteiger partial charge < -0.3 is 24.7 Å². The van der Waals surface area contributed by atoms with Crippen LogP contribution in [0.3, 0.4) is 0 Å². The largest absolute Gasteiger partial charge is 0.466 e. The van der Waals surface area contributed by atoms with Gasteiger partial charge in [-0.2, -0.15) is 0 Å². The lowest BCUT2D eigenvalue weighted by Crippen LogP contribution is -2.41. The van der Waals surface area contributed by atoms with E-state index in [2.05, 4.69) is 19.2 Å². The Hall–Kier alpha value is 0.0300. The minimum atomic E-state index is -4.64. The minimum Gasteiger partial charge on any atom is -0.373 e. The molecule has 0 aromatic rings. The van der Waals surface area contributed by atoms with E-state index in [0.29, 0.717) is 12.2 Å². The van der Waals surface area contributed by atoms with Crippen LogP contribution in [0, 0.1) is 0 Å². The number of nitrogens with one attached hydrogen (secondary N) is 1. The number of morpholine rings is 1. The Kier molecular flexibility index (Phi) is 5.71. The van der Waals surface area contributed by atoms with Crippen LogP contribution in [0.1, 0.15) is 13.8 Å². The van der Waals surface area contributed by atoms with Gasteiger partial charge in [0.05, 0.1) is 12.2 Å². The first-order chi connectivity index (χ1) is 5.79. The van der Waals surface area contributed by atoms with Gasteiger partial charge in [-0.15, -0.1) is 0 Å². The van der Waals surface area contributed by atoms with Gasteiger partial charge in [-0.25, -0.2) is 4.57 Å². The van der Waals surface area contributed by atoms with Gasteiger partial charge in [0.1, 0.15) is 0 Å². The second kappa shape index (κ2) is 5.70. The molecule has 1 rings (SSSR count). The zero-order chi connectivity index (χ0) is 10.5. The fourth-order valence-electron chi connectivity index (χ4n) is 0.983. The van der Waals surface area contributed by atoms with Gasteiger partial charge in [-0.05, 0) is 13.8 Å². The maximum atomic E-state index is 8.88. The van der Waals surface area contributed by atoms with E-state index in [4.69, 9.17) is 24.0 Å². The molecule has 0 aromatic heterocycles. The van der Waals surface area contributed by atoms with Gasteiger partial charge in [0.2, 0.25) is 0 Å². The predicted molar refractivity (Wildman–Crippen MR) is 47.1 cm³/mol. The summed E-state index contributed by atoms with van der Waals surface area (Å²) in [7, 11) is -4.64. The predicted octanol–water partition coefficient (Wildman–Crippen LogP) is -0.545. The van der Waals surface area contributed by atoms with E-state index in [9.17, 15) is 0 Å². The monoisotopic (exact) mass is 213 g/mol. The maximum absolute atomic E-state index is 8.88. The van der Waals surface area contributed by atoms with Gasteiger partial charge in [0.15, 0.2) is 0 Å². The van der Waals surface area contributed by atoms with Crippen molar-refractivity contribution in [1.29, 1.82) is 0 Å². The van der Waals surface area contributed by atoms with Crippen LogP contribution in [0.5, 0.6) is 0 Å². The lowest BCUT2D eigenvalue weighted by molar-refractivity contribution is -0.0166. The van der Waals surface area contributed by atoms with E-state index in [0.717, 1.165) is 13.1 Å². The Morgan fingerprint density at radius 2 is 1.54 bits per heavy atom. The highest BCUT2D eigenvalue weighted by Gasteiger charge is 2.12. The highest BCUT2D eigenvalue weighted by molar-refractivity contribution is 7.45. The van der Waals surface area contributed by atoms with E-state index < -0.39 is 7.82 Å². The number of ether oxygens (including phenoxy) is 1. The van der Waals surface area contributed by atoms with Crippen molar-refractivity contribution in [3.05, 3.63) is 0 Å². The summed E-state index contributed by atoms with van der Waals surface area (Å²) in [5.41, 5.74) is 0. The molecule has 0 saturated carbocycles. The highest BCUT2D eigenvalue weighted by atomic mass is 31.2. The zero-order valence-electron chi connectivity index (χ0n) is 7.67. The van der Waals surface area contributed by atoms with Gasteiger partial charge in [-0.1, -0.05) is 0 Å². The van der Waals surface area contributed by atoms with Crippen molar-refractivity contribution < 1.29 is 24.0 Å². The molecule has 1 saturated heterocycles. The van der Waals surface area contributed by atoms with Crippen LogP contribution >= 0.6 is 7.82 Å². The average molecular weight is 213 g/mol. The van der Waals surface area contributed by atoms with Crippen LogP contribution in [-0.4, -0.2) is 40.0 Å². The summed E-state index contributed by atoms with van der Waals surface area (Å²) in [5.74, 6) is 0. The topological polar surface area (TPSA) is 99.0 Å². The molecule has 1 aliphatic heterocycles. The van der Waals surface area contributed by atoms with Gasteiger partial charge >= 0.3 is 7.82 Å². The van der Waals surface area contributed by atoms with E-state index in [1.165, 1.54) is 0 Å². The number of phosphoric acid groups is 1. The molecule has 0 aromatic carbocycles. The SMILES string of the molecule is CC1CNCC(C)O1.O=P(O)(O)O. The Bertz CT molecular complexity index is 166. The molecule has 2 atom stereocenters. The Morgan fingerprint density at radius 3 is 1.69 bits per heavy atom. The van der Waals surface area contributed by atoms with Crippen molar-refractivity contribution in [1.82, 2.24) is 5.32 Å². The van der Waals surface area contributed by atoms with Crippen molar-refractivity contribution in [2.75, 3.05) is 13.1 Å². The van der Waals surface area contributed by atoms with Crippen LogP contribution in [0.15, 0.2) is 0 Å². The van der Waals surface area contributed by atoms with Crippen LogP contribution < -0.4 is 5.32 Å². The average Bonchev–Trinajstić information content (AvgIpc) is 1.81. The van der Waals surface area contributed by atoms with Crippen molar-refractivity contribution >= 4 is 7.82 Å². The first-order valence-electron chi connectivity index (χ1n) is 3.93. The molecule has 0 radical (unpaired) electrons. The van der Waals surface area contributed by atoms with Gasteiger partial charge in [-0.3, -0.25) is 0 Å². The van der Waals surface area contributed by atoms with Crippen molar-refractivity contribution in [2.24, 2.45) is 0 Å². The normalized spacial score (nSPS) is 29.0. The number of hydrogen-bond donors (Lipinski definition) is 4. The Labute approximate surface area is 77.2 Å². The van der Waals surface area contributed by atoms with Gasteiger partial charge in [0.25, 0.3) is 0 Å². The minimum absolute atomic E-state index is 0.402. The molecule has 0 spiro atoms. The molecule has 1 fully saturated rings. The Morgan fingerprint density at radius 1 is 1.23 bits per heavy atom. The van der Waals surface area contributed by atoms with Crippen LogP contribution in [0.2, 0.25) is 0 Å². The fourth-order valence-corrected chi connectivity index (χ4v) is 0.983. The third kappa shape index (κ3) is 12.0. The lowest BCUT2D eigenvalue weighted by Gasteiger charge is -2.25. The van der Waals surface area contributed by atoms with E-state index in [-0.39, 0.29) is 0 Å². The molecule has 4 N–H and O–H groups in total. The molecule has 1 aliphatic rings. The zero-order valence-corrected chi connectivity index (χ0v) is 8.57. The maximum Gasteiger partial charge on any atom is 0.466 e.